The minimum atomic E-state index is 0. The molecule has 7 heteroatoms. The molecule has 0 aliphatic carbocycles. The summed E-state index contributed by atoms with van der Waals surface area (Å²) in [5.41, 5.74) is 13.7. The standard InChI is InChI=1S/C13H11N5O.Na/c14-12-10(8-3-5-16-6-4-8)11(17-13(15)18-12)9-2-1-7-19-9;/h1-7H,(H4,14,15,17,18);. The van der Waals surface area contributed by atoms with Crippen LogP contribution < -0.4 is 11.5 Å². The van der Waals surface area contributed by atoms with E-state index in [0.717, 1.165) is 5.56 Å². The fourth-order valence-electron chi connectivity index (χ4n) is 1.89. The molecular formula is C13H11N5NaO. The molecule has 3 aromatic rings. The van der Waals surface area contributed by atoms with E-state index in [1.807, 2.05) is 12.1 Å². The molecule has 0 saturated carbocycles. The number of rotatable bonds is 2. The summed E-state index contributed by atoms with van der Waals surface area (Å²) in [7, 11) is 0. The van der Waals surface area contributed by atoms with Crippen LogP contribution >= 0.6 is 0 Å². The van der Waals surface area contributed by atoms with Gasteiger partial charge in [-0.05, 0) is 29.8 Å². The molecule has 0 bridgehead atoms. The van der Waals surface area contributed by atoms with Gasteiger partial charge in [0.05, 0.1) is 11.8 Å². The fraction of sp³-hybridized carbons (Fsp3) is 0. The molecule has 0 fully saturated rings. The van der Waals surface area contributed by atoms with Crippen LogP contribution in [0.25, 0.3) is 22.6 Å². The monoisotopic (exact) mass is 276 g/mol. The first-order chi connectivity index (χ1) is 9.25. The van der Waals surface area contributed by atoms with Crippen LogP contribution in [0.3, 0.4) is 0 Å². The number of nitrogen functional groups attached to an aromatic ring is 2. The predicted molar refractivity (Wildman–Crippen MR) is 77.5 cm³/mol. The molecule has 3 heterocycles. The van der Waals surface area contributed by atoms with Crippen LogP contribution in [0.4, 0.5) is 11.8 Å². The third-order valence-corrected chi connectivity index (χ3v) is 2.68. The van der Waals surface area contributed by atoms with Crippen LogP contribution in [-0.4, -0.2) is 44.5 Å². The Hall–Kier alpha value is -1.89. The van der Waals surface area contributed by atoms with Gasteiger partial charge in [0.25, 0.3) is 0 Å². The summed E-state index contributed by atoms with van der Waals surface area (Å²) >= 11 is 0. The average molecular weight is 276 g/mol. The number of pyridine rings is 1. The molecule has 3 aromatic heterocycles. The summed E-state index contributed by atoms with van der Waals surface area (Å²) in [6.07, 6.45) is 4.92. The molecule has 0 spiro atoms. The second-order valence-electron chi connectivity index (χ2n) is 3.90. The van der Waals surface area contributed by atoms with Gasteiger partial charge in [-0.15, -0.1) is 0 Å². The molecule has 0 unspecified atom stereocenters. The zero-order valence-electron chi connectivity index (χ0n) is 10.9. The van der Waals surface area contributed by atoms with Crippen molar-refractivity contribution < 1.29 is 4.42 Å². The van der Waals surface area contributed by atoms with Gasteiger partial charge in [0.2, 0.25) is 5.95 Å². The van der Waals surface area contributed by atoms with E-state index in [1.54, 1.807) is 30.8 Å². The Morgan fingerprint density at radius 1 is 1.00 bits per heavy atom. The molecule has 0 amide bonds. The van der Waals surface area contributed by atoms with Gasteiger partial charge >= 0.3 is 0 Å². The summed E-state index contributed by atoms with van der Waals surface area (Å²) in [4.78, 5) is 12.2. The summed E-state index contributed by atoms with van der Waals surface area (Å²) in [5, 5.41) is 0. The van der Waals surface area contributed by atoms with Crippen molar-refractivity contribution in [3.8, 4) is 22.6 Å². The minimum Gasteiger partial charge on any atom is -0.463 e. The predicted octanol–water partition coefficient (Wildman–Crippen LogP) is 1.58. The molecule has 20 heavy (non-hydrogen) atoms. The molecule has 0 atom stereocenters. The molecule has 95 valence electrons. The van der Waals surface area contributed by atoms with Crippen molar-refractivity contribution in [1.82, 2.24) is 15.0 Å². The third-order valence-electron chi connectivity index (χ3n) is 2.68. The van der Waals surface area contributed by atoms with E-state index < -0.39 is 0 Å². The Morgan fingerprint density at radius 3 is 2.40 bits per heavy atom. The largest absolute Gasteiger partial charge is 0.463 e. The summed E-state index contributed by atoms with van der Waals surface area (Å²) < 4.78 is 5.37. The van der Waals surface area contributed by atoms with Gasteiger partial charge in [-0.2, -0.15) is 4.98 Å². The van der Waals surface area contributed by atoms with E-state index in [-0.39, 0.29) is 35.5 Å². The molecule has 6 nitrogen and oxygen atoms in total. The van der Waals surface area contributed by atoms with Gasteiger partial charge in [0, 0.05) is 42.0 Å². The number of aromatic nitrogens is 3. The topological polar surface area (TPSA) is 104 Å². The van der Waals surface area contributed by atoms with Crippen LogP contribution in [-0.2, 0) is 0 Å². The van der Waals surface area contributed by atoms with Crippen molar-refractivity contribution in [2.24, 2.45) is 0 Å². The van der Waals surface area contributed by atoms with Gasteiger partial charge in [-0.25, -0.2) is 4.98 Å². The van der Waals surface area contributed by atoms with Crippen LogP contribution in [0, 0.1) is 0 Å². The number of hydrogen-bond acceptors (Lipinski definition) is 6. The van der Waals surface area contributed by atoms with E-state index in [9.17, 15) is 0 Å². The second kappa shape index (κ2) is 6.04. The number of anilines is 2. The Labute approximate surface area is 137 Å². The van der Waals surface area contributed by atoms with Gasteiger partial charge < -0.3 is 15.9 Å². The first-order valence-corrected chi connectivity index (χ1v) is 5.63. The van der Waals surface area contributed by atoms with E-state index >= 15 is 0 Å². The number of furan rings is 1. The van der Waals surface area contributed by atoms with Crippen LogP contribution in [0.1, 0.15) is 0 Å². The molecule has 0 saturated heterocycles. The average Bonchev–Trinajstić information content (AvgIpc) is 2.92. The number of nitrogens with two attached hydrogens (primary N) is 2. The summed E-state index contributed by atoms with van der Waals surface area (Å²) in [6.45, 7) is 0. The van der Waals surface area contributed by atoms with Gasteiger partial charge in [0.15, 0.2) is 5.76 Å². The zero-order chi connectivity index (χ0) is 13.2. The van der Waals surface area contributed by atoms with E-state index in [0.29, 0.717) is 22.8 Å². The molecule has 0 aliphatic heterocycles. The third kappa shape index (κ3) is 2.67. The van der Waals surface area contributed by atoms with Crippen LogP contribution in [0.15, 0.2) is 47.3 Å². The molecule has 0 aromatic carbocycles. The number of hydrogen-bond donors (Lipinski definition) is 2. The van der Waals surface area contributed by atoms with E-state index in [2.05, 4.69) is 15.0 Å². The zero-order valence-corrected chi connectivity index (χ0v) is 12.9. The molecule has 3 rings (SSSR count). The van der Waals surface area contributed by atoms with Crippen molar-refractivity contribution in [1.29, 1.82) is 0 Å². The Balaban J connectivity index is 0.00000147. The summed E-state index contributed by atoms with van der Waals surface area (Å²) in [5.74, 6) is 1.01. The van der Waals surface area contributed by atoms with Crippen LogP contribution in [0.5, 0.6) is 0 Å². The van der Waals surface area contributed by atoms with Gasteiger partial charge in [0.1, 0.15) is 11.5 Å². The Bertz CT molecular complexity index is 700. The Kier molecular flexibility index (Phi) is 4.39. The maximum Gasteiger partial charge on any atom is 0.222 e. The number of nitrogens with zero attached hydrogens (tertiary/aromatic N) is 3. The molecular weight excluding hydrogens is 265 g/mol. The SMILES string of the molecule is Nc1nc(N)c(-c2ccncc2)c(-c2ccco2)n1.[Na]. The normalized spacial score (nSPS) is 10.0. The Morgan fingerprint density at radius 2 is 1.75 bits per heavy atom. The van der Waals surface area contributed by atoms with Crippen LogP contribution in [0.2, 0.25) is 0 Å². The smallest absolute Gasteiger partial charge is 0.222 e. The molecule has 4 N–H and O–H groups in total. The quantitative estimate of drug-likeness (QED) is 0.689. The molecule has 1 radical (unpaired) electrons. The van der Waals surface area contributed by atoms with Crippen molar-refractivity contribution >= 4 is 41.3 Å². The first kappa shape index (κ1) is 14.5. The first-order valence-electron chi connectivity index (χ1n) is 5.63. The van der Waals surface area contributed by atoms with Crippen molar-refractivity contribution in [3.05, 3.63) is 42.9 Å². The summed E-state index contributed by atoms with van der Waals surface area (Å²) in [6, 6.07) is 7.24. The maximum atomic E-state index is 5.97. The minimum absolute atomic E-state index is 0. The molecule has 0 aliphatic rings. The van der Waals surface area contributed by atoms with Gasteiger partial charge in [-0.3, -0.25) is 4.98 Å². The van der Waals surface area contributed by atoms with Gasteiger partial charge in [-0.1, -0.05) is 0 Å². The van der Waals surface area contributed by atoms with Crippen molar-refractivity contribution in [2.45, 2.75) is 0 Å². The fourth-order valence-corrected chi connectivity index (χ4v) is 1.89. The van der Waals surface area contributed by atoms with E-state index in [1.165, 1.54) is 0 Å². The maximum absolute atomic E-state index is 5.97. The van der Waals surface area contributed by atoms with Crippen molar-refractivity contribution in [2.75, 3.05) is 11.5 Å². The van der Waals surface area contributed by atoms with E-state index in [4.69, 9.17) is 15.9 Å². The second-order valence-corrected chi connectivity index (χ2v) is 3.90. The van der Waals surface area contributed by atoms with Crippen molar-refractivity contribution in [3.63, 3.8) is 0 Å².